The molecule has 196 valence electrons. The van der Waals surface area contributed by atoms with Crippen molar-refractivity contribution in [2.45, 2.75) is 27.7 Å². The standard InChI is InChI=1S/C26H36N4O6/c1-5-29(35,6-2)15-13-27-17-9-10-18(28-14-16-30(36,7-3)8-4)22-21(17)25(33)23-19(31)11-12-20(32)24(23)26(22)34/h9-12,27-28,31-32H,5-8,13-16H2,1-4H3. The van der Waals surface area contributed by atoms with Gasteiger partial charge in [-0.15, -0.1) is 0 Å². The number of hydrogen-bond acceptors (Lipinski definition) is 8. The summed E-state index contributed by atoms with van der Waals surface area (Å²) >= 11 is 0. The Labute approximate surface area is 211 Å². The van der Waals surface area contributed by atoms with Crippen LogP contribution in [0.2, 0.25) is 0 Å². The fourth-order valence-electron chi connectivity index (χ4n) is 4.53. The highest BCUT2D eigenvalue weighted by Crippen LogP contribution is 2.42. The van der Waals surface area contributed by atoms with Crippen molar-refractivity contribution in [3.8, 4) is 11.5 Å². The second-order valence-corrected chi connectivity index (χ2v) is 9.10. The number of hydroxylamine groups is 6. The van der Waals surface area contributed by atoms with E-state index in [-0.39, 0.29) is 48.4 Å². The van der Waals surface area contributed by atoms with Crippen LogP contribution in [-0.2, 0) is 0 Å². The topological polar surface area (TPSA) is 145 Å². The molecule has 1 aliphatic rings. The van der Waals surface area contributed by atoms with E-state index in [0.29, 0.717) is 37.6 Å². The highest BCUT2D eigenvalue weighted by molar-refractivity contribution is 6.33. The maximum Gasteiger partial charge on any atom is 0.200 e. The number of phenols is 2. The minimum atomic E-state index is -0.607. The molecule has 0 aliphatic heterocycles. The molecule has 0 spiro atoms. The van der Waals surface area contributed by atoms with Crippen molar-refractivity contribution in [2.75, 3.05) is 63.0 Å². The van der Waals surface area contributed by atoms with Crippen molar-refractivity contribution < 1.29 is 29.1 Å². The quantitative estimate of drug-likeness (QED) is 0.168. The monoisotopic (exact) mass is 500 g/mol. The molecule has 36 heavy (non-hydrogen) atoms. The third-order valence-corrected chi connectivity index (χ3v) is 7.25. The average Bonchev–Trinajstić information content (AvgIpc) is 2.88. The lowest BCUT2D eigenvalue weighted by Gasteiger charge is -2.41. The van der Waals surface area contributed by atoms with E-state index in [1.807, 2.05) is 27.7 Å². The number of hydrogen-bond donors (Lipinski definition) is 4. The van der Waals surface area contributed by atoms with Crippen molar-refractivity contribution in [2.24, 2.45) is 0 Å². The van der Waals surface area contributed by atoms with Crippen LogP contribution in [0.4, 0.5) is 11.4 Å². The number of anilines is 2. The number of nitrogens with zero attached hydrogens (tertiary/aromatic N) is 2. The lowest BCUT2D eigenvalue weighted by molar-refractivity contribution is -0.875. The van der Waals surface area contributed by atoms with Gasteiger partial charge in [0.1, 0.15) is 11.5 Å². The van der Waals surface area contributed by atoms with Crippen LogP contribution in [0, 0.1) is 10.4 Å². The fraction of sp³-hybridized carbons (Fsp3) is 0.462. The minimum Gasteiger partial charge on any atom is -0.633 e. The number of carbonyl (C=O) groups is 2. The van der Waals surface area contributed by atoms with Crippen molar-refractivity contribution in [1.82, 2.24) is 0 Å². The first-order chi connectivity index (χ1) is 17.0. The van der Waals surface area contributed by atoms with Gasteiger partial charge in [0.15, 0.2) is 0 Å². The molecule has 0 saturated carbocycles. The second-order valence-electron chi connectivity index (χ2n) is 9.10. The number of fused-ring (bicyclic) bond motifs is 2. The van der Waals surface area contributed by atoms with E-state index < -0.39 is 32.4 Å². The Bertz CT molecular complexity index is 1050. The molecule has 10 nitrogen and oxygen atoms in total. The van der Waals surface area contributed by atoms with Gasteiger partial charge in [0, 0.05) is 11.4 Å². The van der Waals surface area contributed by atoms with Gasteiger partial charge in [0.25, 0.3) is 0 Å². The molecule has 0 radical (unpaired) electrons. The molecule has 0 fully saturated rings. The van der Waals surface area contributed by atoms with Gasteiger partial charge in [-0.3, -0.25) is 9.59 Å². The van der Waals surface area contributed by atoms with Gasteiger partial charge in [-0.25, -0.2) is 0 Å². The summed E-state index contributed by atoms with van der Waals surface area (Å²) in [5, 5.41) is 52.3. The van der Waals surface area contributed by atoms with Crippen molar-refractivity contribution in [3.05, 3.63) is 56.9 Å². The number of ketones is 2. The average molecular weight is 501 g/mol. The van der Waals surface area contributed by atoms with Crippen LogP contribution in [-0.4, -0.2) is 83.4 Å². The van der Waals surface area contributed by atoms with Gasteiger partial charge >= 0.3 is 0 Å². The zero-order valence-electron chi connectivity index (χ0n) is 21.4. The van der Waals surface area contributed by atoms with Crippen LogP contribution >= 0.6 is 0 Å². The smallest absolute Gasteiger partial charge is 0.200 e. The maximum atomic E-state index is 13.6. The van der Waals surface area contributed by atoms with Crippen LogP contribution in [0.15, 0.2) is 24.3 Å². The normalized spacial score (nSPS) is 13.4. The highest BCUT2D eigenvalue weighted by atomic mass is 16.5. The number of rotatable bonds is 12. The predicted molar refractivity (Wildman–Crippen MR) is 139 cm³/mol. The number of benzene rings is 2. The molecule has 0 aromatic heterocycles. The minimum absolute atomic E-state index is 0.0595. The molecule has 0 atom stereocenters. The lowest BCUT2D eigenvalue weighted by atomic mass is 9.81. The van der Waals surface area contributed by atoms with E-state index in [9.17, 15) is 30.2 Å². The molecule has 10 heteroatoms. The Morgan fingerprint density at radius 3 is 1.28 bits per heavy atom. The van der Waals surface area contributed by atoms with E-state index in [2.05, 4.69) is 10.6 Å². The van der Waals surface area contributed by atoms with Crippen LogP contribution < -0.4 is 10.6 Å². The largest absolute Gasteiger partial charge is 0.633 e. The van der Waals surface area contributed by atoms with Gasteiger partial charge in [0.2, 0.25) is 11.6 Å². The second kappa shape index (κ2) is 10.8. The fourth-order valence-corrected chi connectivity index (χ4v) is 4.53. The molecule has 2 aromatic rings. The van der Waals surface area contributed by atoms with Gasteiger partial charge < -0.3 is 40.6 Å². The zero-order valence-corrected chi connectivity index (χ0v) is 21.4. The van der Waals surface area contributed by atoms with Crippen LogP contribution in [0.5, 0.6) is 11.5 Å². The van der Waals surface area contributed by atoms with Gasteiger partial charge in [0.05, 0.1) is 74.6 Å². The Balaban J connectivity index is 2.03. The number of phenolic OH excluding ortho intramolecular Hbond substituents is 2. The summed E-state index contributed by atoms with van der Waals surface area (Å²) in [5.74, 6) is -2.02. The van der Waals surface area contributed by atoms with Gasteiger partial charge in [-0.05, 0) is 52.0 Å². The molecule has 2 aromatic carbocycles. The summed E-state index contributed by atoms with van der Waals surface area (Å²) < 4.78 is -0.799. The summed E-state index contributed by atoms with van der Waals surface area (Å²) in [4.78, 5) is 27.2. The molecule has 0 bridgehead atoms. The predicted octanol–water partition coefficient (Wildman–Crippen LogP) is 3.41. The number of aromatic hydroxyl groups is 2. The number of quaternary nitrogens is 2. The van der Waals surface area contributed by atoms with Crippen LogP contribution in [0.3, 0.4) is 0 Å². The summed E-state index contributed by atoms with van der Waals surface area (Å²) in [7, 11) is 0. The number of nitrogens with one attached hydrogen (secondary N) is 2. The summed E-state index contributed by atoms with van der Waals surface area (Å²) in [6, 6.07) is 5.64. The van der Waals surface area contributed by atoms with E-state index >= 15 is 0 Å². The first-order valence-corrected chi connectivity index (χ1v) is 12.5. The number of carbonyl (C=O) groups excluding carboxylic acids is 2. The highest BCUT2D eigenvalue weighted by Gasteiger charge is 2.38. The molecule has 0 amide bonds. The van der Waals surface area contributed by atoms with Gasteiger partial charge in [-0.1, -0.05) is 0 Å². The zero-order chi connectivity index (χ0) is 26.7. The summed E-state index contributed by atoms with van der Waals surface area (Å²) in [6.07, 6.45) is 0. The van der Waals surface area contributed by atoms with Crippen LogP contribution in [0.1, 0.15) is 59.5 Å². The molecule has 1 aliphatic carbocycles. The molecule has 0 saturated heterocycles. The molecule has 0 unspecified atom stereocenters. The molecule has 0 heterocycles. The third kappa shape index (κ3) is 5.17. The number of likely N-dealkylation sites (N-methyl/N-ethyl adjacent to an activating group) is 2. The molecular weight excluding hydrogens is 464 g/mol. The Morgan fingerprint density at radius 2 is 0.972 bits per heavy atom. The molecule has 3 rings (SSSR count). The SMILES string of the molecule is CC[N+]([O-])(CC)CCNc1ccc(NCC[N+]([O-])(CC)CC)c2c1C(=O)c1c(O)ccc(O)c1C2=O. The van der Waals surface area contributed by atoms with Crippen molar-refractivity contribution in [3.63, 3.8) is 0 Å². The first kappa shape index (κ1) is 27.4. The lowest BCUT2D eigenvalue weighted by Crippen LogP contribution is -2.45. The van der Waals surface area contributed by atoms with Gasteiger partial charge in [-0.2, -0.15) is 0 Å². The Hall–Kier alpha value is -3.18. The van der Waals surface area contributed by atoms with E-state index in [1.54, 1.807) is 12.1 Å². The Morgan fingerprint density at radius 1 is 0.639 bits per heavy atom. The van der Waals surface area contributed by atoms with Crippen molar-refractivity contribution >= 4 is 22.9 Å². The summed E-state index contributed by atoms with van der Waals surface area (Å²) in [5.41, 5.74) is 0.328. The first-order valence-electron chi connectivity index (χ1n) is 12.5. The third-order valence-electron chi connectivity index (χ3n) is 7.25. The van der Waals surface area contributed by atoms with Crippen molar-refractivity contribution in [1.29, 1.82) is 0 Å². The molecule has 4 N–H and O–H groups in total. The van der Waals surface area contributed by atoms with E-state index in [0.717, 1.165) is 0 Å². The Kier molecular flexibility index (Phi) is 8.25. The van der Waals surface area contributed by atoms with E-state index in [4.69, 9.17) is 0 Å². The summed E-state index contributed by atoms with van der Waals surface area (Å²) in [6.45, 7) is 9.99. The molecular formula is C26H36N4O6. The van der Waals surface area contributed by atoms with Crippen LogP contribution in [0.25, 0.3) is 0 Å². The maximum absolute atomic E-state index is 13.6. The van der Waals surface area contributed by atoms with E-state index in [1.165, 1.54) is 12.1 Å².